The Balaban J connectivity index is 0.000000921. The zero-order valence-corrected chi connectivity index (χ0v) is 10.6. The maximum Gasteiger partial charge on any atom is 0.0476 e. The maximum absolute atomic E-state index is 2.25. The van der Waals surface area contributed by atoms with E-state index in [0.29, 0.717) is 0 Å². The molecule has 0 saturated heterocycles. The molecule has 1 nitrogen and oxygen atoms in total. The lowest BCUT2D eigenvalue weighted by Gasteiger charge is -2.02. The summed E-state index contributed by atoms with van der Waals surface area (Å²) in [6, 6.07) is 2.15. The van der Waals surface area contributed by atoms with E-state index < -0.39 is 0 Å². The van der Waals surface area contributed by atoms with Crippen molar-refractivity contribution >= 4 is 12.2 Å². The number of rotatable bonds is 3. The third kappa shape index (κ3) is 3.78. The minimum absolute atomic E-state index is 1.03. The van der Waals surface area contributed by atoms with Gasteiger partial charge >= 0.3 is 0 Å². The van der Waals surface area contributed by atoms with Gasteiger partial charge in [0.2, 0.25) is 0 Å². The minimum Gasteiger partial charge on any atom is -0.348 e. The summed E-state index contributed by atoms with van der Waals surface area (Å²) in [5, 5.41) is 0. The molecule has 0 N–H and O–H groups in total. The van der Waals surface area contributed by atoms with Crippen molar-refractivity contribution in [3.63, 3.8) is 0 Å². The van der Waals surface area contributed by atoms with E-state index in [9.17, 15) is 0 Å². The molecule has 0 unspecified atom stereocenters. The summed E-state index contributed by atoms with van der Waals surface area (Å²) in [6.07, 6.45) is 10.6. The highest BCUT2D eigenvalue weighted by Gasteiger charge is 2.00. The molecular weight excluding hydrogens is 182 g/mol. The third-order valence-corrected chi connectivity index (χ3v) is 2.05. The second kappa shape index (κ2) is 8.10. The Bertz CT molecular complexity index is 316. The number of hydrogen-bond donors (Lipinski definition) is 0. The molecule has 0 radical (unpaired) electrons. The average Bonchev–Trinajstić information content (AvgIpc) is 2.65. The zero-order valence-electron chi connectivity index (χ0n) is 10.6. The molecular formula is C14H23N. The average molecular weight is 205 g/mol. The van der Waals surface area contributed by atoms with Crippen LogP contribution < -0.4 is 0 Å². The fourth-order valence-electron chi connectivity index (χ4n) is 1.45. The quantitative estimate of drug-likeness (QED) is 0.679. The van der Waals surface area contributed by atoms with Crippen molar-refractivity contribution < 1.29 is 0 Å². The van der Waals surface area contributed by atoms with Crippen LogP contribution >= 0.6 is 0 Å². The van der Waals surface area contributed by atoms with Gasteiger partial charge in [0.15, 0.2) is 0 Å². The van der Waals surface area contributed by atoms with E-state index in [-0.39, 0.29) is 0 Å². The maximum atomic E-state index is 2.25. The van der Waals surface area contributed by atoms with Gasteiger partial charge < -0.3 is 4.57 Å². The first-order valence-electron chi connectivity index (χ1n) is 5.78. The number of aromatic nitrogens is 1. The van der Waals surface area contributed by atoms with Crippen LogP contribution in [0.2, 0.25) is 0 Å². The van der Waals surface area contributed by atoms with Gasteiger partial charge in [-0.1, -0.05) is 32.1 Å². The third-order valence-electron chi connectivity index (χ3n) is 2.05. The van der Waals surface area contributed by atoms with Crippen molar-refractivity contribution in [2.24, 2.45) is 0 Å². The van der Waals surface area contributed by atoms with Crippen LogP contribution in [0.5, 0.6) is 0 Å². The Hall–Kier alpha value is -1.24. The normalized spacial score (nSPS) is 10.7. The first kappa shape index (κ1) is 13.8. The Kier molecular flexibility index (Phi) is 7.43. The van der Waals surface area contributed by atoms with Crippen LogP contribution in [-0.2, 0) is 6.54 Å². The molecule has 0 aliphatic heterocycles. The van der Waals surface area contributed by atoms with Crippen molar-refractivity contribution in [3.05, 3.63) is 35.7 Å². The highest BCUT2D eigenvalue weighted by Crippen LogP contribution is 2.14. The van der Waals surface area contributed by atoms with Gasteiger partial charge in [0.25, 0.3) is 0 Å². The monoisotopic (exact) mass is 205 g/mol. The number of allylic oxidation sites excluding steroid dienone is 2. The Morgan fingerprint density at radius 2 is 1.73 bits per heavy atom. The molecule has 1 rings (SSSR count). The van der Waals surface area contributed by atoms with Crippen LogP contribution in [0.25, 0.3) is 12.2 Å². The van der Waals surface area contributed by atoms with Gasteiger partial charge in [-0.15, -0.1) is 0 Å². The van der Waals surface area contributed by atoms with E-state index >= 15 is 0 Å². The van der Waals surface area contributed by atoms with E-state index in [1.54, 1.807) is 0 Å². The molecule has 15 heavy (non-hydrogen) atoms. The summed E-state index contributed by atoms with van der Waals surface area (Å²) in [7, 11) is 0. The highest BCUT2D eigenvalue weighted by atomic mass is 15.0. The molecule has 0 fully saturated rings. The van der Waals surface area contributed by atoms with Crippen LogP contribution in [0.1, 0.15) is 45.9 Å². The Labute approximate surface area is 94.1 Å². The second-order valence-corrected chi connectivity index (χ2v) is 2.94. The topological polar surface area (TPSA) is 4.93 Å². The number of aryl methyl sites for hydroxylation is 1. The molecule has 0 spiro atoms. The highest BCUT2D eigenvalue weighted by molar-refractivity contribution is 5.63. The first-order valence-corrected chi connectivity index (χ1v) is 5.78. The molecule has 0 aliphatic carbocycles. The van der Waals surface area contributed by atoms with Gasteiger partial charge in [-0.3, -0.25) is 0 Å². The summed E-state index contributed by atoms with van der Waals surface area (Å²) in [5.41, 5.74) is 2.59. The van der Waals surface area contributed by atoms with Crippen LogP contribution in [0.15, 0.2) is 24.4 Å². The van der Waals surface area contributed by atoms with Crippen molar-refractivity contribution in [1.82, 2.24) is 4.57 Å². The largest absolute Gasteiger partial charge is 0.348 e. The van der Waals surface area contributed by atoms with Gasteiger partial charge in [0.05, 0.1) is 0 Å². The van der Waals surface area contributed by atoms with E-state index in [4.69, 9.17) is 0 Å². The Morgan fingerprint density at radius 3 is 2.20 bits per heavy atom. The van der Waals surface area contributed by atoms with E-state index in [1.165, 1.54) is 11.3 Å². The molecule has 0 saturated carbocycles. The van der Waals surface area contributed by atoms with Gasteiger partial charge in [0.1, 0.15) is 0 Å². The van der Waals surface area contributed by atoms with Gasteiger partial charge in [0, 0.05) is 18.4 Å². The molecule has 1 aromatic rings. The summed E-state index contributed by atoms with van der Waals surface area (Å²) in [4.78, 5) is 0. The second-order valence-electron chi connectivity index (χ2n) is 2.94. The van der Waals surface area contributed by atoms with Crippen molar-refractivity contribution in [3.8, 4) is 0 Å². The van der Waals surface area contributed by atoms with Crippen molar-refractivity contribution in [1.29, 1.82) is 0 Å². The molecule has 0 amide bonds. The van der Waals surface area contributed by atoms with Crippen molar-refractivity contribution in [2.75, 3.05) is 0 Å². The van der Waals surface area contributed by atoms with Gasteiger partial charge in [-0.2, -0.15) is 0 Å². The molecule has 1 heteroatoms. The molecule has 1 aromatic heterocycles. The number of nitrogens with zero attached hydrogens (tertiary/aromatic N) is 1. The smallest absolute Gasteiger partial charge is 0.0476 e. The van der Waals surface area contributed by atoms with E-state index in [0.717, 1.165) is 6.54 Å². The molecule has 0 bridgehead atoms. The van der Waals surface area contributed by atoms with Crippen LogP contribution in [0.4, 0.5) is 0 Å². The molecule has 1 heterocycles. The zero-order chi connectivity index (χ0) is 11.7. The summed E-state index contributed by atoms with van der Waals surface area (Å²) in [5.74, 6) is 0. The number of hydrogen-bond acceptors (Lipinski definition) is 0. The lowest BCUT2D eigenvalue weighted by Crippen LogP contribution is -1.94. The Morgan fingerprint density at radius 1 is 1.13 bits per heavy atom. The van der Waals surface area contributed by atoms with Crippen molar-refractivity contribution in [2.45, 2.75) is 41.2 Å². The molecule has 0 aromatic carbocycles. The van der Waals surface area contributed by atoms with Crippen LogP contribution in [-0.4, -0.2) is 4.57 Å². The predicted octanol–water partition coefficient (Wildman–Crippen LogP) is 4.60. The van der Waals surface area contributed by atoms with E-state index in [1.807, 2.05) is 27.7 Å². The minimum atomic E-state index is 1.03. The fraction of sp³-hybridized carbons (Fsp3) is 0.429. The predicted molar refractivity (Wildman–Crippen MR) is 70.9 cm³/mol. The molecule has 0 aliphatic rings. The van der Waals surface area contributed by atoms with Crippen LogP contribution in [0, 0.1) is 0 Å². The van der Waals surface area contributed by atoms with Crippen LogP contribution in [0.3, 0.4) is 0 Å². The first-order chi connectivity index (χ1) is 7.33. The summed E-state index contributed by atoms with van der Waals surface area (Å²) in [6.45, 7) is 11.3. The lowest BCUT2D eigenvalue weighted by atomic mass is 10.2. The fourth-order valence-corrected chi connectivity index (χ4v) is 1.45. The van der Waals surface area contributed by atoms with E-state index in [2.05, 4.69) is 48.1 Å². The summed E-state index contributed by atoms with van der Waals surface area (Å²) < 4.78 is 2.25. The lowest BCUT2D eigenvalue weighted by molar-refractivity contribution is 0.761. The molecule has 0 atom stereocenters. The van der Waals surface area contributed by atoms with Gasteiger partial charge in [-0.25, -0.2) is 0 Å². The summed E-state index contributed by atoms with van der Waals surface area (Å²) >= 11 is 0. The SMILES string of the molecule is C/C=C\c1ccn(CC)c1/C=C\C.CC. The molecule has 84 valence electrons. The standard InChI is InChI=1S/C12H17N.C2H6/c1-4-7-11-9-10-13(6-3)12(11)8-5-2;1-2/h4-5,7-10H,6H2,1-3H3;1-2H3/b7-4-,8-5-;. The van der Waals surface area contributed by atoms with Gasteiger partial charge in [-0.05, 0) is 38.5 Å².